The normalized spacial score (nSPS) is 21.3. The summed E-state index contributed by atoms with van der Waals surface area (Å²) in [6.07, 6.45) is 0. The lowest BCUT2D eigenvalue weighted by molar-refractivity contribution is -0.126. The number of rotatable bonds is 2. The molecule has 3 nitrogen and oxygen atoms in total. The van der Waals surface area contributed by atoms with E-state index in [0.29, 0.717) is 20.8 Å². The molecule has 1 amide bonds. The number of amides is 1. The minimum absolute atomic E-state index is 0.168. The van der Waals surface area contributed by atoms with Crippen LogP contribution in [0.15, 0.2) is 42.5 Å². The molecule has 2 aromatic carbocycles. The van der Waals surface area contributed by atoms with Gasteiger partial charge in [-0.15, -0.1) is 0 Å². The minimum atomic E-state index is -0.612. The second kappa shape index (κ2) is 5.50. The summed E-state index contributed by atoms with van der Waals surface area (Å²) in [5.41, 5.74) is 7.42. The van der Waals surface area contributed by atoms with Crippen LogP contribution in [-0.4, -0.2) is 11.9 Å². The average Bonchev–Trinajstić information content (AvgIpc) is 2.48. The zero-order valence-electron chi connectivity index (χ0n) is 10.8. The van der Waals surface area contributed by atoms with Crippen molar-refractivity contribution in [2.45, 2.75) is 12.1 Å². The number of β-lactam (4-membered cyclic amide) rings is 1. The van der Waals surface area contributed by atoms with Crippen molar-refractivity contribution in [2.24, 2.45) is 5.73 Å². The fourth-order valence-corrected chi connectivity index (χ4v) is 3.02. The summed E-state index contributed by atoms with van der Waals surface area (Å²) in [7, 11) is 0. The molecule has 0 bridgehead atoms. The van der Waals surface area contributed by atoms with Crippen LogP contribution in [0.2, 0.25) is 15.1 Å². The van der Waals surface area contributed by atoms with Crippen molar-refractivity contribution in [3.63, 3.8) is 0 Å². The third kappa shape index (κ3) is 2.40. The number of halogens is 3. The van der Waals surface area contributed by atoms with Crippen LogP contribution in [0, 0.1) is 0 Å². The highest BCUT2D eigenvalue weighted by Gasteiger charge is 2.47. The number of nitrogens with two attached hydrogens (primary N) is 1. The first-order chi connectivity index (χ1) is 10.0. The van der Waals surface area contributed by atoms with Gasteiger partial charge in [0, 0.05) is 10.7 Å². The van der Waals surface area contributed by atoms with Crippen LogP contribution < -0.4 is 10.6 Å². The van der Waals surface area contributed by atoms with Crippen LogP contribution >= 0.6 is 34.8 Å². The predicted molar refractivity (Wildman–Crippen MR) is 86.1 cm³/mol. The fourth-order valence-electron chi connectivity index (χ4n) is 2.48. The van der Waals surface area contributed by atoms with Gasteiger partial charge in [-0.1, -0.05) is 53.0 Å². The van der Waals surface area contributed by atoms with Gasteiger partial charge in [-0.2, -0.15) is 0 Å². The summed E-state index contributed by atoms with van der Waals surface area (Å²) in [6, 6.07) is 11.5. The van der Waals surface area contributed by atoms with Crippen molar-refractivity contribution >= 4 is 46.4 Å². The second-order valence-corrected chi connectivity index (χ2v) is 6.02. The SMILES string of the molecule is N[C@H]1C(=O)N(c2ccc(Cl)c(Cl)c2)[C@H]1c1ccccc1Cl. The number of carbonyl (C=O) groups is 1. The largest absolute Gasteiger partial charge is 0.318 e. The molecule has 1 saturated heterocycles. The summed E-state index contributed by atoms with van der Waals surface area (Å²) in [4.78, 5) is 13.7. The van der Waals surface area contributed by atoms with Gasteiger partial charge in [-0.25, -0.2) is 0 Å². The zero-order chi connectivity index (χ0) is 15.1. The van der Waals surface area contributed by atoms with Gasteiger partial charge < -0.3 is 10.6 Å². The highest BCUT2D eigenvalue weighted by atomic mass is 35.5. The van der Waals surface area contributed by atoms with E-state index in [9.17, 15) is 4.79 Å². The highest BCUT2D eigenvalue weighted by molar-refractivity contribution is 6.42. The summed E-state index contributed by atoms with van der Waals surface area (Å²) in [5.74, 6) is -0.168. The number of hydrogen-bond donors (Lipinski definition) is 1. The lowest BCUT2D eigenvalue weighted by Gasteiger charge is -2.46. The average molecular weight is 342 g/mol. The summed E-state index contributed by atoms with van der Waals surface area (Å²) >= 11 is 18.1. The number of hydrogen-bond acceptors (Lipinski definition) is 2. The van der Waals surface area contributed by atoms with Crippen molar-refractivity contribution in [3.8, 4) is 0 Å². The van der Waals surface area contributed by atoms with Crippen molar-refractivity contribution in [2.75, 3.05) is 4.90 Å². The van der Waals surface area contributed by atoms with Crippen LogP contribution in [0.4, 0.5) is 5.69 Å². The van der Waals surface area contributed by atoms with E-state index < -0.39 is 6.04 Å². The lowest BCUT2D eigenvalue weighted by Crippen LogP contribution is -2.63. The Balaban J connectivity index is 2.02. The maximum Gasteiger partial charge on any atom is 0.247 e. The topological polar surface area (TPSA) is 46.3 Å². The molecule has 3 rings (SSSR count). The smallest absolute Gasteiger partial charge is 0.247 e. The Morgan fingerprint density at radius 2 is 1.67 bits per heavy atom. The molecule has 2 N–H and O–H groups in total. The van der Waals surface area contributed by atoms with Crippen LogP contribution in [0.5, 0.6) is 0 Å². The predicted octanol–water partition coefficient (Wildman–Crippen LogP) is 4.06. The molecule has 21 heavy (non-hydrogen) atoms. The Kier molecular flexibility index (Phi) is 3.84. The van der Waals surface area contributed by atoms with E-state index in [0.717, 1.165) is 5.56 Å². The van der Waals surface area contributed by atoms with Gasteiger partial charge in [0.25, 0.3) is 0 Å². The number of carbonyl (C=O) groups excluding carboxylic acids is 1. The van der Waals surface area contributed by atoms with Gasteiger partial charge in [-0.3, -0.25) is 4.79 Å². The van der Waals surface area contributed by atoms with Crippen molar-refractivity contribution in [3.05, 3.63) is 63.1 Å². The van der Waals surface area contributed by atoms with Crippen LogP contribution in [-0.2, 0) is 4.79 Å². The van der Waals surface area contributed by atoms with Gasteiger partial charge in [-0.05, 0) is 29.8 Å². The number of nitrogens with zero attached hydrogens (tertiary/aromatic N) is 1. The summed E-state index contributed by atoms with van der Waals surface area (Å²) in [5, 5.41) is 1.41. The molecule has 1 aliphatic heterocycles. The molecule has 0 unspecified atom stereocenters. The van der Waals surface area contributed by atoms with Crippen LogP contribution in [0.3, 0.4) is 0 Å². The molecular formula is C15H11Cl3N2O. The van der Waals surface area contributed by atoms with Gasteiger partial charge in [0.05, 0.1) is 16.1 Å². The standard InChI is InChI=1S/C15H11Cl3N2O/c16-10-4-2-1-3-9(10)14-13(19)15(21)20(14)8-5-6-11(17)12(18)7-8/h1-7,13-14H,19H2/t13-,14+/m1/s1. The first-order valence-corrected chi connectivity index (χ1v) is 7.42. The molecule has 0 spiro atoms. The Morgan fingerprint density at radius 3 is 2.33 bits per heavy atom. The molecule has 1 aliphatic rings. The van der Waals surface area contributed by atoms with E-state index >= 15 is 0 Å². The molecule has 2 atom stereocenters. The monoisotopic (exact) mass is 340 g/mol. The van der Waals surface area contributed by atoms with Gasteiger partial charge in [0.2, 0.25) is 5.91 Å². The molecule has 1 fully saturated rings. The first-order valence-electron chi connectivity index (χ1n) is 6.29. The molecule has 0 aromatic heterocycles. The zero-order valence-corrected chi connectivity index (χ0v) is 13.0. The van der Waals surface area contributed by atoms with Crippen molar-refractivity contribution in [1.29, 1.82) is 0 Å². The summed E-state index contributed by atoms with van der Waals surface area (Å²) < 4.78 is 0. The van der Waals surface area contributed by atoms with Gasteiger partial charge >= 0.3 is 0 Å². The summed E-state index contributed by atoms with van der Waals surface area (Å²) in [6.45, 7) is 0. The van der Waals surface area contributed by atoms with E-state index in [-0.39, 0.29) is 11.9 Å². The van der Waals surface area contributed by atoms with Gasteiger partial charge in [0.1, 0.15) is 6.04 Å². The first kappa shape index (κ1) is 14.7. The maximum absolute atomic E-state index is 12.1. The third-order valence-corrected chi connectivity index (χ3v) is 4.63. The van der Waals surface area contributed by atoms with Crippen LogP contribution in [0.1, 0.15) is 11.6 Å². The third-order valence-electron chi connectivity index (χ3n) is 3.55. The number of benzene rings is 2. The molecule has 1 heterocycles. The Labute approximate surface area is 137 Å². The Hall–Kier alpha value is -1.26. The van der Waals surface area contributed by atoms with E-state index in [1.54, 1.807) is 29.2 Å². The highest BCUT2D eigenvalue weighted by Crippen LogP contribution is 2.41. The van der Waals surface area contributed by atoms with Crippen molar-refractivity contribution < 1.29 is 4.79 Å². The van der Waals surface area contributed by atoms with Gasteiger partial charge in [0.15, 0.2) is 0 Å². The lowest BCUT2D eigenvalue weighted by atomic mass is 9.88. The fraction of sp³-hybridized carbons (Fsp3) is 0.133. The van der Waals surface area contributed by atoms with E-state index in [1.807, 2.05) is 18.2 Å². The van der Waals surface area contributed by atoms with Crippen LogP contribution in [0.25, 0.3) is 0 Å². The minimum Gasteiger partial charge on any atom is -0.318 e. The molecule has 0 saturated carbocycles. The molecular weight excluding hydrogens is 331 g/mol. The Morgan fingerprint density at radius 1 is 0.952 bits per heavy atom. The second-order valence-electron chi connectivity index (χ2n) is 4.80. The van der Waals surface area contributed by atoms with Crippen molar-refractivity contribution in [1.82, 2.24) is 0 Å². The molecule has 0 aliphatic carbocycles. The maximum atomic E-state index is 12.1. The van der Waals surface area contributed by atoms with E-state index in [1.165, 1.54) is 0 Å². The Bertz CT molecular complexity index is 720. The number of anilines is 1. The molecule has 108 valence electrons. The van der Waals surface area contributed by atoms with E-state index in [4.69, 9.17) is 40.5 Å². The molecule has 6 heteroatoms. The van der Waals surface area contributed by atoms with E-state index in [2.05, 4.69) is 0 Å². The molecule has 0 radical (unpaired) electrons. The quantitative estimate of drug-likeness (QED) is 0.837. The molecule has 2 aromatic rings.